The molecule has 0 atom stereocenters. The summed E-state index contributed by atoms with van der Waals surface area (Å²) in [7, 11) is 1.56. The van der Waals surface area contributed by atoms with Gasteiger partial charge >= 0.3 is 12.1 Å². The maximum Gasteiger partial charge on any atom is 0.415 e. The number of amides is 5. The fraction of sp³-hybridized carbons (Fsp3) is 0.415. The Balaban J connectivity index is 0.694. The van der Waals surface area contributed by atoms with E-state index in [4.69, 9.17) is 19.2 Å². The highest BCUT2D eigenvalue weighted by Crippen LogP contribution is 2.40. The number of anilines is 6. The minimum absolute atomic E-state index is 0.0747. The number of urea groups is 1. The highest BCUT2D eigenvalue weighted by atomic mass is 19.1. The Morgan fingerprint density at radius 1 is 0.849 bits per heavy atom. The molecule has 10 rings (SSSR count). The number of hydrogen-bond donors (Lipinski definition) is 1. The predicted molar refractivity (Wildman–Crippen MR) is 270 cm³/mol. The molecule has 1 N–H and O–H groups in total. The van der Waals surface area contributed by atoms with Crippen LogP contribution in [0.2, 0.25) is 0 Å². The summed E-state index contributed by atoms with van der Waals surface area (Å²) >= 11 is 0. The first-order valence-corrected chi connectivity index (χ1v) is 24.7. The van der Waals surface area contributed by atoms with E-state index in [2.05, 4.69) is 30.0 Å². The van der Waals surface area contributed by atoms with Crippen LogP contribution in [0.4, 0.5) is 52.8 Å². The Labute approximate surface area is 422 Å². The lowest BCUT2D eigenvalue weighted by Crippen LogP contribution is -2.63. The summed E-state index contributed by atoms with van der Waals surface area (Å²) in [6, 6.07) is 16.3. The van der Waals surface area contributed by atoms with Crippen molar-refractivity contribution in [2.75, 3.05) is 97.5 Å². The first kappa shape index (κ1) is 49.0. The molecule has 0 aliphatic carbocycles. The fourth-order valence-corrected chi connectivity index (χ4v) is 10.0. The fourth-order valence-electron chi connectivity index (χ4n) is 10.0. The molecule has 3 saturated heterocycles. The van der Waals surface area contributed by atoms with Gasteiger partial charge in [0.2, 0.25) is 23.6 Å². The molecule has 3 aromatic carbocycles. The molecule has 0 bridgehead atoms. The smallest absolute Gasteiger partial charge is 0.415 e. The topological polar surface area (TPSA) is 169 Å². The van der Waals surface area contributed by atoms with Crippen LogP contribution in [0.15, 0.2) is 73.1 Å². The number of hydrogen-bond acceptors (Lipinski definition) is 14. The number of aromatic nitrogens is 3. The van der Waals surface area contributed by atoms with Crippen LogP contribution in [-0.4, -0.2) is 138 Å². The lowest BCUT2D eigenvalue weighted by atomic mass is 10.0. The van der Waals surface area contributed by atoms with Gasteiger partial charge in [-0.2, -0.15) is 0 Å². The average molecular weight is 1000 g/mol. The van der Waals surface area contributed by atoms with E-state index in [-0.39, 0.29) is 49.5 Å². The van der Waals surface area contributed by atoms with Crippen LogP contribution >= 0.6 is 0 Å². The van der Waals surface area contributed by atoms with Crippen LogP contribution in [0.3, 0.4) is 0 Å². The molecular formula is C53H59F2N11O7. The molecule has 0 unspecified atom stereocenters. The molecule has 5 aliphatic rings. The van der Waals surface area contributed by atoms with Crippen LogP contribution in [0, 0.1) is 18.6 Å². The van der Waals surface area contributed by atoms with E-state index in [1.54, 1.807) is 77.8 Å². The maximum atomic E-state index is 15.7. The summed E-state index contributed by atoms with van der Waals surface area (Å²) in [6.07, 6.45) is 3.79. The number of halogens is 2. The highest BCUT2D eigenvalue weighted by molar-refractivity contribution is 6.05. The third-order valence-electron chi connectivity index (χ3n) is 14.1. The first-order valence-electron chi connectivity index (χ1n) is 24.7. The molecule has 0 spiro atoms. The van der Waals surface area contributed by atoms with Crippen molar-refractivity contribution in [3.63, 3.8) is 0 Å². The van der Waals surface area contributed by atoms with Crippen LogP contribution < -0.4 is 34.4 Å². The van der Waals surface area contributed by atoms with Crippen molar-refractivity contribution in [3.8, 4) is 11.6 Å². The van der Waals surface area contributed by atoms with Gasteiger partial charge in [0, 0.05) is 88.0 Å². The SMILES string of the molecule is COc1ccc(CN2C(=O)CCN(c3ccc(N4CC(N5CCN(C(=O)Cc6ccc(Nc7ncc8c(n7)CN(c7cnc9c(c7C)N(C(=O)OC(C)(C)C)CCO9)CC8)cc6F)CC5)C4)cc3F)C2=O)cc1. The maximum absolute atomic E-state index is 15.7. The Morgan fingerprint density at radius 2 is 1.63 bits per heavy atom. The number of carbonyl (C=O) groups is 4. The predicted octanol–water partition coefficient (Wildman–Crippen LogP) is 6.84. The molecule has 0 saturated carbocycles. The normalized spacial score (nSPS) is 17.5. The van der Waals surface area contributed by atoms with E-state index in [1.165, 1.54) is 17.0 Å². The summed E-state index contributed by atoms with van der Waals surface area (Å²) in [5, 5.41) is 3.14. The number of nitrogens with one attached hydrogen (secondary N) is 1. The lowest BCUT2D eigenvalue weighted by Gasteiger charge is -2.49. The number of nitrogens with zero attached hydrogens (tertiary/aromatic N) is 10. The lowest BCUT2D eigenvalue weighted by molar-refractivity contribution is -0.132. The van der Waals surface area contributed by atoms with Gasteiger partial charge in [-0.05, 0) is 93.3 Å². The molecule has 3 fully saturated rings. The van der Waals surface area contributed by atoms with E-state index < -0.39 is 29.4 Å². The van der Waals surface area contributed by atoms with Crippen molar-refractivity contribution in [2.24, 2.45) is 0 Å². The first-order chi connectivity index (χ1) is 35.1. The standard InChI is InChI=1S/C53H59F2N11O7/c1-33-45(28-56-49-48(33)65(22-23-72-49)52(70)73-53(2,3)4)62-16-14-36-27-57-50(59-43(36)32-62)58-37-9-8-35(41(54)25-37)24-47(68)61-20-18-60(19-21-61)39-30-63(31-39)38-10-13-44(42(55)26-38)64-17-15-46(67)66(51(64)69)29-34-6-11-40(71-5)12-7-34/h6-13,25-28,39H,14-24,29-32H2,1-5H3,(H,57,58,59). The average Bonchev–Trinajstić information content (AvgIpc) is 3.35. The molecule has 7 heterocycles. The second-order valence-electron chi connectivity index (χ2n) is 20.0. The highest BCUT2D eigenvalue weighted by Gasteiger charge is 2.38. The Bertz CT molecular complexity index is 2940. The van der Waals surface area contributed by atoms with Crippen molar-refractivity contribution in [3.05, 3.63) is 113 Å². The van der Waals surface area contributed by atoms with Crippen LogP contribution in [0.1, 0.15) is 55.1 Å². The van der Waals surface area contributed by atoms with Gasteiger partial charge in [0.25, 0.3) is 0 Å². The molecule has 2 aromatic heterocycles. The second-order valence-corrected chi connectivity index (χ2v) is 20.0. The zero-order chi connectivity index (χ0) is 51.1. The van der Waals surface area contributed by atoms with Gasteiger partial charge < -0.3 is 34.2 Å². The van der Waals surface area contributed by atoms with Crippen LogP contribution in [-0.2, 0) is 40.3 Å². The van der Waals surface area contributed by atoms with E-state index in [1.807, 2.05) is 27.7 Å². The van der Waals surface area contributed by atoms with Gasteiger partial charge in [-0.1, -0.05) is 18.2 Å². The van der Waals surface area contributed by atoms with Crippen molar-refractivity contribution in [2.45, 2.75) is 71.7 Å². The molecule has 0 radical (unpaired) electrons. The number of carbonyl (C=O) groups excluding carboxylic acids is 4. The largest absolute Gasteiger partial charge is 0.497 e. The summed E-state index contributed by atoms with van der Waals surface area (Å²) in [5.41, 5.74) is 5.76. The minimum atomic E-state index is -0.661. The van der Waals surface area contributed by atoms with Crippen molar-refractivity contribution in [1.82, 2.24) is 29.7 Å². The zero-order valence-electron chi connectivity index (χ0n) is 41.7. The molecule has 5 amide bonds. The minimum Gasteiger partial charge on any atom is -0.497 e. The monoisotopic (exact) mass is 999 g/mol. The third kappa shape index (κ3) is 10.4. The Morgan fingerprint density at radius 3 is 2.36 bits per heavy atom. The van der Waals surface area contributed by atoms with Gasteiger partial charge in [0.15, 0.2) is 0 Å². The van der Waals surface area contributed by atoms with Crippen molar-refractivity contribution < 1.29 is 42.2 Å². The zero-order valence-corrected chi connectivity index (χ0v) is 41.7. The summed E-state index contributed by atoms with van der Waals surface area (Å²) in [6.45, 7) is 13.1. The number of benzene rings is 3. The molecule has 5 aromatic rings. The van der Waals surface area contributed by atoms with Gasteiger partial charge in [0.1, 0.15) is 35.3 Å². The number of ether oxygens (including phenoxy) is 3. The number of piperazine rings is 1. The van der Waals surface area contributed by atoms with Gasteiger partial charge in [0.05, 0.1) is 56.4 Å². The summed E-state index contributed by atoms with van der Waals surface area (Å²) in [4.78, 5) is 79.2. The van der Waals surface area contributed by atoms with E-state index >= 15 is 8.78 Å². The number of imide groups is 1. The summed E-state index contributed by atoms with van der Waals surface area (Å²) < 4.78 is 48.0. The summed E-state index contributed by atoms with van der Waals surface area (Å²) in [5.74, 6) is -0.148. The second kappa shape index (κ2) is 20.1. The number of methoxy groups -OCH3 is 1. The number of rotatable bonds is 11. The van der Waals surface area contributed by atoms with Crippen LogP contribution in [0.5, 0.6) is 11.6 Å². The van der Waals surface area contributed by atoms with E-state index in [0.717, 1.165) is 33.0 Å². The van der Waals surface area contributed by atoms with Crippen LogP contribution in [0.25, 0.3) is 0 Å². The molecule has 18 nitrogen and oxygen atoms in total. The number of fused-ring (bicyclic) bond motifs is 2. The van der Waals surface area contributed by atoms with Crippen molar-refractivity contribution in [1.29, 1.82) is 0 Å². The van der Waals surface area contributed by atoms with E-state index in [0.29, 0.717) is 112 Å². The quantitative estimate of drug-likeness (QED) is 0.146. The Kier molecular flexibility index (Phi) is 13.5. The molecular weight excluding hydrogens is 941 g/mol. The van der Waals surface area contributed by atoms with Gasteiger partial charge in [-0.15, -0.1) is 0 Å². The van der Waals surface area contributed by atoms with Gasteiger partial charge in [-0.25, -0.2) is 33.3 Å². The molecule has 382 valence electrons. The van der Waals surface area contributed by atoms with Gasteiger partial charge in [-0.3, -0.25) is 29.2 Å². The molecule has 73 heavy (non-hydrogen) atoms. The van der Waals surface area contributed by atoms with Crippen molar-refractivity contribution >= 4 is 58.3 Å². The van der Waals surface area contributed by atoms with E-state index in [9.17, 15) is 19.2 Å². The molecule has 20 heteroatoms. The molecule has 5 aliphatic heterocycles. The Hall–Kier alpha value is -7.61. The third-order valence-corrected chi connectivity index (χ3v) is 14.1. The number of pyridine rings is 1.